The Balaban J connectivity index is 1.60. The highest BCUT2D eigenvalue weighted by Crippen LogP contribution is 2.28. The summed E-state index contributed by atoms with van der Waals surface area (Å²) < 4.78 is 28.6. The third kappa shape index (κ3) is 12.8. The fourth-order valence-corrected chi connectivity index (χ4v) is 8.28. The predicted molar refractivity (Wildman–Crippen MR) is 217 cm³/mol. The van der Waals surface area contributed by atoms with E-state index in [0.29, 0.717) is 18.7 Å². The van der Waals surface area contributed by atoms with E-state index in [1.807, 2.05) is 45.9 Å². The number of carbonyl (C=O) groups is 4. The molecule has 4 atom stereocenters. The van der Waals surface area contributed by atoms with Crippen LogP contribution in [0.25, 0.3) is 0 Å². The number of hydrogen-bond donors (Lipinski definition) is 5. The Morgan fingerprint density at radius 1 is 0.857 bits per heavy atom. The molecule has 5 N–H and O–H groups in total. The molecule has 0 radical (unpaired) electrons. The number of anilines is 1. The number of carbonyl (C=O) groups excluding carboxylic acids is 4. The number of aromatic nitrogens is 2. The number of nitrogens with one attached hydrogen (secondary N) is 5. The van der Waals surface area contributed by atoms with Crippen LogP contribution >= 0.6 is 0 Å². The quantitative estimate of drug-likeness (QED) is 0.120. The maximum Gasteiger partial charge on any atom is 0.251 e. The van der Waals surface area contributed by atoms with E-state index < -0.39 is 46.0 Å². The number of sulfonamides is 1. The van der Waals surface area contributed by atoms with Gasteiger partial charge in [-0.2, -0.15) is 0 Å². The second-order valence-electron chi connectivity index (χ2n) is 15.0. The van der Waals surface area contributed by atoms with Gasteiger partial charge in [0.15, 0.2) is 0 Å². The van der Waals surface area contributed by atoms with Gasteiger partial charge in [-0.3, -0.25) is 33.5 Å². The standard InChI is InChI=1S/C41H58N8O6S/c1-7-43-41(53)37(27(2)3)48-38(50)29(5)45-25-35(23-34-17-11-12-19-44-34)47-40(52)33-20-32(39(51)46-28(4)31-16-13-18-42-24-31)21-36(22-33)49(6)56(54,55)26-30-14-9-8-10-15-30/h11-13,16-22,24,27-30,35,37,45H,7-10,14-15,23,25-26H2,1-6H3,(H,43,53)(H,46,51)(H,47,52)(H,48,50)/t28?,29-,35-,37-/m0/s1. The number of rotatable bonds is 19. The Morgan fingerprint density at radius 3 is 2.16 bits per heavy atom. The second-order valence-corrected chi connectivity index (χ2v) is 17.0. The highest BCUT2D eigenvalue weighted by Gasteiger charge is 2.29. The summed E-state index contributed by atoms with van der Waals surface area (Å²) in [6.07, 6.45) is 10.00. The molecule has 0 aliphatic heterocycles. The van der Waals surface area contributed by atoms with Crippen molar-refractivity contribution >= 4 is 39.3 Å². The first kappa shape index (κ1) is 43.8. The number of nitrogens with zero attached hydrogens (tertiary/aromatic N) is 3. The Hall–Kier alpha value is -4.89. The van der Waals surface area contributed by atoms with Crippen LogP contribution in [-0.4, -0.2) is 86.0 Å². The van der Waals surface area contributed by atoms with Crippen molar-refractivity contribution in [3.63, 3.8) is 0 Å². The fourth-order valence-electron chi connectivity index (χ4n) is 6.70. The summed E-state index contributed by atoms with van der Waals surface area (Å²) in [6, 6.07) is 11.0. The molecule has 2 heterocycles. The molecule has 1 aliphatic rings. The highest BCUT2D eigenvalue weighted by molar-refractivity contribution is 7.92. The van der Waals surface area contributed by atoms with Crippen molar-refractivity contribution < 1.29 is 27.6 Å². The molecule has 56 heavy (non-hydrogen) atoms. The van der Waals surface area contributed by atoms with Crippen LogP contribution in [0, 0.1) is 11.8 Å². The van der Waals surface area contributed by atoms with Gasteiger partial charge in [0.2, 0.25) is 21.8 Å². The van der Waals surface area contributed by atoms with Gasteiger partial charge in [-0.15, -0.1) is 0 Å². The summed E-state index contributed by atoms with van der Waals surface area (Å²) in [5, 5.41) is 14.7. The van der Waals surface area contributed by atoms with Crippen LogP contribution in [0.4, 0.5) is 5.69 Å². The average molecular weight is 791 g/mol. The number of hydrogen-bond acceptors (Lipinski definition) is 9. The van der Waals surface area contributed by atoms with E-state index in [1.54, 1.807) is 37.6 Å². The van der Waals surface area contributed by atoms with Gasteiger partial charge in [0, 0.05) is 68.0 Å². The maximum atomic E-state index is 14.1. The first-order chi connectivity index (χ1) is 26.7. The third-order valence-corrected chi connectivity index (χ3v) is 12.0. The van der Waals surface area contributed by atoms with Crippen LogP contribution in [0.1, 0.15) is 105 Å². The zero-order chi connectivity index (χ0) is 40.8. The molecule has 14 nitrogen and oxygen atoms in total. The lowest BCUT2D eigenvalue weighted by molar-refractivity contribution is -0.130. The minimum absolute atomic E-state index is 0.0235. The van der Waals surface area contributed by atoms with Gasteiger partial charge < -0.3 is 26.6 Å². The van der Waals surface area contributed by atoms with Crippen molar-refractivity contribution in [2.24, 2.45) is 11.8 Å². The van der Waals surface area contributed by atoms with E-state index in [2.05, 4.69) is 36.6 Å². The number of benzene rings is 1. The second kappa shape index (κ2) is 20.9. The highest BCUT2D eigenvalue weighted by atomic mass is 32.2. The number of likely N-dealkylation sites (N-methyl/N-ethyl adjacent to an activating group) is 1. The molecule has 304 valence electrons. The molecule has 1 saturated carbocycles. The van der Waals surface area contributed by atoms with Gasteiger partial charge in [-0.1, -0.05) is 45.2 Å². The van der Waals surface area contributed by atoms with Crippen LogP contribution < -0.4 is 30.9 Å². The SMILES string of the molecule is CCNC(=O)[C@@H](NC(=O)[C@H](C)NC[C@H](Cc1ccccn1)NC(=O)c1cc(C(=O)NC(C)c2cccnc2)cc(N(C)S(=O)(=O)CC2CCCCC2)c1)C(C)C. The summed E-state index contributed by atoms with van der Waals surface area (Å²) >= 11 is 0. The lowest BCUT2D eigenvalue weighted by atomic mass is 9.91. The number of pyridine rings is 2. The molecule has 0 bridgehead atoms. The Kier molecular flexibility index (Phi) is 16.3. The summed E-state index contributed by atoms with van der Waals surface area (Å²) in [7, 11) is -2.35. The van der Waals surface area contributed by atoms with E-state index in [4.69, 9.17) is 0 Å². The van der Waals surface area contributed by atoms with E-state index >= 15 is 0 Å². The molecular formula is C41H58N8O6S. The van der Waals surface area contributed by atoms with Crippen molar-refractivity contribution in [1.29, 1.82) is 0 Å². The molecule has 4 rings (SSSR count). The van der Waals surface area contributed by atoms with Crippen molar-refractivity contribution in [2.75, 3.05) is 30.2 Å². The molecule has 1 aliphatic carbocycles. The zero-order valence-electron chi connectivity index (χ0n) is 33.4. The minimum atomic E-state index is -3.80. The van der Waals surface area contributed by atoms with Crippen molar-refractivity contribution in [3.8, 4) is 0 Å². The molecule has 0 spiro atoms. The lowest BCUT2D eigenvalue weighted by Crippen LogP contribution is -2.55. The van der Waals surface area contributed by atoms with E-state index in [0.717, 1.165) is 42.0 Å². The van der Waals surface area contributed by atoms with Crippen LogP contribution in [0.3, 0.4) is 0 Å². The van der Waals surface area contributed by atoms with Gasteiger partial charge in [-0.25, -0.2) is 8.42 Å². The smallest absolute Gasteiger partial charge is 0.251 e. The summed E-state index contributed by atoms with van der Waals surface area (Å²) in [5.74, 6) is -1.80. The minimum Gasteiger partial charge on any atom is -0.355 e. The lowest BCUT2D eigenvalue weighted by Gasteiger charge is -2.27. The Labute approximate surface area is 331 Å². The normalized spacial score (nSPS) is 15.6. The van der Waals surface area contributed by atoms with Gasteiger partial charge in [-0.05, 0) is 87.4 Å². The average Bonchev–Trinajstić information content (AvgIpc) is 3.19. The molecule has 1 fully saturated rings. The topological polar surface area (TPSA) is 192 Å². The van der Waals surface area contributed by atoms with Gasteiger partial charge in [0.1, 0.15) is 6.04 Å². The fraction of sp³-hybridized carbons (Fsp3) is 0.512. The molecule has 15 heteroatoms. The summed E-state index contributed by atoms with van der Waals surface area (Å²) in [5.41, 5.74) is 1.85. The molecule has 3 aromatic rings. The Morgan fingerprint density at radius 2 is 1.55 bits per heavy atom. The van der Waals surface area contributed by atoms with Crippen molar-refractivity contribution in [2.45, 2.75) is 97.3 Å². The van der Waals surface area contributed by atoms with E-state index in [1.165, 1.54) is 25.2 Å². The van der Waals surface area contributed by atoms with Crippen LogP contribution in [0.2, 0.25) is 0 Å². The largest absolute Gasteiger partial charge is 0.355 e. The molecule has 4 amide bonds. The van der Waals surface area contributed by atoms with Crippen molar-refractivity contribution in [3.05, 3.63) is 89.5 Å². The molecule has 2 aromatic heterocycles. The third-order valence-electron chi connectivity index (χ3n) is 10.1. The van der Waals surface area contributed by atoms with Gasteiger partial charge in [0.05, 0.1) is 23.5 Å². The van der Waals surface area contributed by atoms with Crippen LogP contribution in [-0.2, 0) is 26.0 Å². The zero-order valence-corrected chi connectivity index (χ0v) is 34.2. The molecular weight excluding hydrogens is 733 g/mol. The molecule has 1 aromatic carbocycles. The monoisotopic (exact) mass is 790 g/mol. The van der Waals surface area contributed by atoms with Crippen molar-refractivity contribution in [1.82, 2.24) is 36.6 Å². The molecule has 0 saturated heterocycles. The first-order valence-electron chi connectivity index (χ1n) is 19.5. The Bertz CT molecular complexity index is 1870. The maximum absolute atomic E-state index is 14.1. The first-order valence-corrected chi connectivity index (χ1v) is 21.1. The van der Waals surface area contributed by atoms with Crippen LogP contribution in [0.5, 0.6) is 0 Å². The summed E-state index contributed by atoms with van der Waals surface area (Å²) in [6.45, 7) is 9.59. The summed E-state index contributed by atoms with van der Waals surface area (Å²) in [4.78, 5) is 62.3. The predicted octanol–water partition coefficient (Wildman–Crippen LogP) is 3.91. The van der Waals surface area contributed by atoms with Gasteiger partial charge >= 0.3 is 0 Å². The van der Waals surface area contributed by atoms with Crippen LogP contribution in [0.15, 0.2) is 67.1 Å². The van der Waals surface area contributed by atoms with E-state index in [-0.39, 0.29) is 52.8 Å². The number of amides is 4. The van der Waals surface area contributed by atoms with E-state index in [9.17, 15) is 27.6 Å². The molecule has 1 unspecified atom stereocenters. The van der Waals surface area contributed by atoms with Gasteiger partial charge in [0.25, 0.3) is 11.8 Å².